The van der Waals surface area contributed by atoms with Gasteiger partial charge in [0, 0.05) is 7.11 Å². The molecular formula is C8H17NO3. The van der Waals surface area contributed by atoms with Crippen molar-refractivity contribution in [3.63, 3.8) is 0 Å². The number of carbonyl (C=O) groups excluding carboxylic acids is 1. The first kappa shape index (κ1) is 11.4. The molecule has 4 heteroatoms. The number of hydrogen-bond donors (Lipinski definition) is 1. The van der Waals surface area contributed by atoms with Crippen LogP contribution in [0.25, 0.3) is 0 Å². The molecule has 0 bridgehead atoms. The van der Waals surface area contributed by atoms with E-state index in [1.54, 1.807) is 27.7 Å². The van der Waals surface area contributed by atoms with Gasteiger partial charge in [-0.2, -0.15) is 0 Å². The molecule has 0 saturated heterocycles. The molecule has 0 fully saturated rings. The summed E-state index contributed by atoms with van der Waals surface area (Å²) in [6, 6.07) is 0. The minimum atomic E-state index is -0.486. The van der Waals surface area contributed by atoms with Crippen molar-refractivity contribution in [2.45, 2.75) is 33.9 Å². The van der Waals surface area contributed by atoms with E-state index in [0.717, 1.165) is 0 Å². The molecule has 12 heavy (non-hydrogen) atoms. The van der Waals surface area contributed by atoms with Crippen LogP contribution in [0.3, 0.4) is 0 Å². The van der Waals surface area contributed by atoms with E-state index in [-0.39, 0.29) is 12.2 Å². The molecule has 0 aliphatic carbocycles. The Hall–Kier alpha value is -0.610. The maximum Gasteiger partial charge on any atom is 0.330 e. The number of carbonyl (C=O) groups is 1. The fourth-order valence-corrected chi connectivity index (χ4v) is 0.338. The Morgan fingerprint density at radius 2 is 1.92 bits per heavy atom. The number of hydroxylamine groups is 1. The second-order valence-electron chi connectivity index (χ2n) is 3.64. The largest absolute Gasteiger partial charge is 0.368 e. The van der Waals surface area contributed by atoms with Crippen LogP contribution in [-0.2, 0) is 14.4 Å². The third-order valence-corrected chi connectivity index (χ3v) is 1.28. The van der Waals surface area contributed by atoms with Crippen LogP contribution in [0.1, 0.15) is 27.7 Å². The van der Waals surface area contributed by atoms with Gasteiger partial charge in [-0.3, -0.25) is 0 Å². The Kier molecular flexibility index (Phi) is 4.20. The SMILES string of the molecule is COC(C)NOC(=O)C(C)(C)C. The van der Waals surface area contributed by atoms with Gasteiger partial charge in [-0.15, -0.1) is 5.48 Å². The predicted octanol–water partition coefficient (Wildman–Crippen LogP) is 1.07. The smallest absolute Gasteiger partial charge is 0.330 e. The quantitative estimate of drug-likeness (QED) is 0.515. The van der Waals surface area contributed by atoms with E-state index in [1.807, 2.05) is 0 Å². The minimum absolute atomic E-state index is 0.281. The monoisotopic (exact) mass is 175 g/mol. The lowest BCUT2D eigenvalue weighted by molar-refractivity contribution is -0.169. The third-order valence-electron chi connectivity index (χ3n) is 1.28. The summed E-state index contributed by atoms with van der Waals surface area (Å²) in [5.74, 6) is -0.300. The molecule has 0 aromatic carbocycles. The van der Waals surface area contributed by atoms with E-state index in [9.17, 15) is 4.79 Å². The van der Waals surface area contributed by atoms with Gasteiger partial charge in [0.15, 0.2) is 0 Å². The van der Waals surface area contributed by atoms with Crippen LogP contribution in [-0.4, -0.2) is 19.3 Å². The second-order valence-corrected chi connectivity index (χ2v) is 3.64. The Bertz CT molecular complexity index is 151. The van der Waals surface area contributed by atoms with Gasteiger partial charge in [-0.05, 0) is 27.7 Å². The van der Waals surface area contributed by atoms with Crippen molar-refractivity contribution in [2.75, 3.05) is 7.11 Å². The summed E-state index contributed by atoms with van der Waals surface area (Å²) in [6.45, 7) is 7.10. The zero-order valence-electron chi connectivity index (χ0n) is 8.30. The first-order chi connectivity index (χ1) is 5.38. The molecule has 1 unspecified atom stereocenters. The van der Waals surface area contributed by atoms with Crippen LogP contribution in [0.4, 0.5) is 0 Å². The first-order valence-corrected chi connectivity index (χ1v) is 3.87. The van der Waals surface area contributed by atoms with Crippen LogP contribution in [0.5, 0.6) is 0 Å². The molecule has 0 rings (SSSR count). The van der Waals surface area contributed by atoms with Gasteiger partial charge < -0.3 is 9.57 Å². The van der Waals surface area contributed by atoms with Gasteiger partial charge in [-0.25, -0.2) is 4.79 Å². The fourth-order valence-electron chi connectivity index (χ4n) is 0.338. The topological polar surface area (TPSA) is 47.6 Å². The highest BCUT2D eigenvalue weighted by molar-refractivity contribution is 5.75. The summed E-state index contributed by atoms with van der Waals surface area (Å²) in [5.41, 5.74) is 1.98. The summed E-state index contributed by atoms with van der Waals surface area (Å²) >= 11 is 0. The van der Waals surface area contributed by atoms with E-state index < -0.39 is 5.41 Å². The summed E-state index contributed by atoms with van der Waals surface area (Å²) < 4.78 is 4.82. The van der Waals surface area contributed by atoms with Crippen molar-refractivity contribution in [2.24, 2.45) is 5.41 Å². The highest BCUT2D eigenvalue weighted by atomic mass is 16.7. The van der Waals surface area contributed by atoms with Crippen molar-refractivity contribution >= 4 is 5.97 Å². The van der Waals surface area contributed by atoms with E-state index >= 15 is 0 Å². The Morgan fingerprint density at radius 1 is 1.42 bits per heavy atom. The molecule has 4 nitrogen and oxygen atoms in total. The number of hydrogen-bond acceptors (Lipinski definition) is 4. The van der Waals surface area contributed by atoms with E-state index in [0.29, 0.717) is 0 Å². The van der Waals surface area contributed by atoms with E-state index in [1.165, 1.54) is 7.11 Å². The lowest BCUT2D eigenvalue weighted by Crippen LogP contribution is -2.35. The molecule has 0 heterocycles. The highest BCUT2D eigenvalue weighted by Crippen LogP contribution is 2.14. The lowest BCUT2D eigenvalue weighted by atomic mass is 9.98. The Morgan fingerprint density at radius 3 is 2.25 bits per heavy atom. The van der Waals surface area contributed by atoms with Crippen LogP contribution >= 0.6 is 0 Å². The molecular weight excluding hydrogens is 158 g/mol. The number of ether oxygens (including phenoxy) is 1. The predicted molar refractivity (Wildman–Crippen MR) is 45.2 cm³/mol. The minimum Gasteiger partial charge on any atom is -0.368 e. The van der Waals surface area contributed by atoms with Gasteiger partial charge in [0.25, 0.3) is 0 Å². The fraction of sp³-hybridized carbons (Fsp3) is 0.875. The molecule has 0 saturated carbocycles. The van der Waals surface area contributed by atoms with E-state index in [2.05, 4.69) is 5.48 Å². The Labute approximate surface area is 73.2 Å². The van der Waals surface area contributed by atoms with Gasteiger partial charge in [0.2, 0.25) is 0 Å². The molecule has 0 radical (unpaired) electrons. The summed E-state index contributed by atoms with van der Waals surface area (Å²) in [5, 5.41) is 0. The zero-order valence-corrected chi connectivity index (χ0v) is 8.30. The first-order valence-electron chi connectivity index (χ1n) is 3.87. The van der Waals surface area contributed by atoms with Crippen molar-refractivity contribution in [3.8, 4) is 0 Å². The standard InChI is InChI=1S/C8H17NO3/c1-6(11-5)9-12-7(10)8(2,3)4/h6,9H,1-5H3. The molecule has 72 valence electrons. The Balaban J connectivity index is 3.73. The summed E-state index contributed by atoms with van der Waals surface area (Å²) in [7, 11) is 1.53. The lowest BCUT2D eigenvalue weighted by Gasteiger charge is -2.18. The van der Waals surface area contributed by atoms with E-state index in [4.69, 9.17) is 9.57 Å². The third kappa shape index (κ3) is 4.31. The summed E-state index contributed by atoms with van der Waals surface area (Å²) in [4.78, 5) is 15.9. The number of methoxy groups -OCH3 is 1. The van der Waals surface area contributed by atoms with Crippen LogP contribution in [0, 0.1) is 5.41 Å². The average Bonchev–Trinajstić information content (AvgIpc) is 1.97. The highest BCUT2D eigenvalue weighted by Gasteiger charge is 2.23. The number of nitrogens with one attached hydrogen (secondary N) is 1. The molecule has 0 aromatic rings. The maximum atomic E-state index is 11.1. The van der Waals surface area contributed by atoms with Crippen LogP contribution in [0.15, 0.2) is 0 Å². The summed E-state index contributed by atoms with van der Waals surface area (Å²) in [6.07, 6.45) is -0.281. The molecule has 0 aliphatic heterocycles. The molecule has 0 amide bonds. The molecule has 1 N–H and O–H groups in total. The van der Waals surface area contributed by atoms with Crippen LogP contribution in [0.2, 0.25) is 0 Å². The zero-order chi connectivity index (χ0) is 9.78. The number of rotatable bonds is 3. The maximum absolute atomic E-state index is 11.1. The molecule has 1 atom stereocenters. The van der Waals surface area contributed by atoms with Crippen molar-refractivity contribution in [1.82, 2.24) is 5.48 Å². The van der Waals surface area contributed by atoms with Gasteiger partial charge in [0.1, 0.15) is 6.23 Å². The van der Waals surface area contributed by atoms with Crippen LogP contribution < -0.4 is 5.48 Å². The molecule has 0 aliphatic rings. The van der Waals surface area contributed by atoms with Gasteiger partial charge in [-0.1, -0.05) is 0 Å². The molecule has 0 aromatic heterocycles. The van der Waals surface area contributed by atoms with Crippen molar-refractivity contribution in [3.05, 3.63) is 0 Å². The second kappa shape index (κ2) is 4.42. The molecule has 0 spiro atoms. The van der Waals surface area contributed by atoms with Crippen molar-refractivity contribution in [1.29, 1.82) is 0 Å². The van der Waals surface area contributed by atoms with Gasteiger partial charge in [0.05, 0.1) is 5.41 Å². The van der Waals surface area contributed by atoms with Gasteiger partial charge >= 0.3 is 5.97 Å². The van der Waals surface area contributed by atoms with Crippen molar-refractivity contribution < 1.29 is 14.4 Å². The average molecular weight is 175 g/mol. The normalized spacial score (nSPS) is 14.1.